The topological polar surface area (TPSA) is 33.1 Å². The fraction of sp³-hybridized carbons (Fsp3) is 0.316. The molecule has 2 aromatic carbocycles. The highest BCUT2D eigenvalue weighted by Crippen LogP contribution is 2.21. The molecule has 1 aliphatic heterocycles. The van der Waals surface area contributed by atoms with Crippen molar-refractivity contribution in [3.05, 3.63) is 65.9 Å². The van der Waals surface area contributed by atoms with Gasteiger partial charge in [-0.25, -0.2) is 0 Å². The molecule has 2 heterocycles. The van der Waals surface area contributed by atoms with E-state index in [-0.39, 0.29) is 0 Å². The van der Waals surface area contributed by atoms with Crippen LogP contribution in [0.3, 0.4) is 0 Å². The van der Waals surface area contributed by atoms with Gasteiger partial charge in [0.1, 0.15) is 0 Å². The molecular formula is C19H22N4. The first-order valence-electron chi connectivity index (χ1n) is 8.30. The molecule has 1 aromatic heterocycles. The number of nitrogens with zero attached hydrogens (tertiary/aromatic N) is 3. The summed E-state index contributed by atoms with van der Waals surface area (Å²) in [7, 11) is 0. The lowest BCUT2D eigenvalue weighted by molar-refractivity contribution is 0.187. The third kappa shape index (κ3) is 3.14. The van der Waals surface area contributed by atoms with Gasteiger partial charge in [0.05, 0.1) is 18.4 Å². The number of hydrogen-bond acceptors (Lipinski definition) is 3. The number of hydrogen-bond donors (Lipinski definition) is 1. The standard InChI is InChI=1S/C19H22N4/c1-2-5-16(6-3-1)13-17-7-4-8-19-18(17)14-21-23(19)15-22-11-9-20-10-12-22/h1-8,14,20H,9-13,15H2. The zero-order chi connectivity index (χ0) is 15.5. The summed E-state index contributed by atoms with van der Waals surface area (Å²) in [5, 5.41) is 9.31. The van der Waals surface area contributed by atoms with E-state index in [4.69, 9.17) is 0 Å². The summed E-state index contributed by atoms with van der Waals surface area (Å²) in [6.45, 7) is 5.19. The SMILES string of the molecule is c1ccc(Cc2cccc3c2cnn3CN2CCNCC2)cc1. The van der Waals surface area contributed by atoms with Crippen LogP contribution in [-0.2, 0) is 13.1 Å². The Morgan fingerprint density at radius 3 is 2.61 bits per heavy atom. The van der Waals surface area contributed by atoms with Crippen molar-refractivity contribution in [3.8, 4) is 0 Å². The molecule has 0 unspecified atom stereocenters. The maximum atomic E-state index is 4.65. The van der Waals surface area contributed by atoms with Gasteiger partial charge in [0, 0.05) is 31.6 Å². The lowest BCUT2D eigenvalue weighted by atomic mass is 10.0. The monoisotopic (exact) mass is 306 g/mol. The average Bonchev–Trinajstić information content (AvgIpc) is 3.01. The molecule has 0 atom stereocenters. The van der Waals surface area contributed by atoms with Gasteiger partial charge < -0.3 is 5.32 Å². The second-order valence-electron chi connectivity index (χ2n) is 6.17. The molecule has 1 saturated heterocycles. The molecule has 4 heteroatoms. The summed E-state index contributed by atoms with van der Waals surface area (Å²) in [4.78, 5) is 2.45. The van der Waals surface area contributed by atoms with Crippen LogP contribution in [0.5, 0.6) is 0 Å². The molecule has 0 saturated carbocycles. The zero-order valence-electron chi connectivity index (χ0n) is 13.3. The molecule has 1 N–H and O–H groups in total. The van der Waals surface area contributed by atoms with E-state index in [1.54, 1.807) is 0 Å². The van der Waals surface area contributed by atoms with Crippen LogP contribution in [0.25, 0.3) is 10.9 Å². The van der Waals surface area contributed by atoms with E-state index in [1.807, 2.05) is 6.20 Å². The first-order valence-corrected chi connectivity index (χ1v) is 8.30. The number of rotatable bonds is 4. The Bertz CT molecular complexity index is 772. The Labute approximate surface area is 136 Å². The summed E-state index contributed by atoms with van der Waals surface area (Å²) in [5.41, 5.74) is 3.92. The quantitative estimate of drug-likeness (QED) is 0.804. The van der Waals surface area contributed by atoms with Gasteiger partial charge in [-0.3, -0.25) is 9.58 Å². The lowest BCUT2D eigenvalue weighted by Crippen LogP contribution is -2.44. The minimum atomic E-state index is 0.875. The van der Waals surface area contributed by atoms with E-state index in [0.717, 1.165) is 39.3 Å². The predicted molar refractivity (Wildman–Crippen MR) is 93.4 cm³/mol. The van der Waals surface area contributed by atoms with E-state index in [9.17, 15) is 0 Å². The van der Waals surface area contributed by atoms with E-state index in [1.165, 1.54) is 22.0 Å². The molecule has 4 nitrogen and oxygen atoms in total. The fourth-order valence-corrected chi connectivity index (χ4v) is 3.29. The molecule has 0 bridgehead atoms. The van der Waals surface area contributed by atoms with Gasteiger partial charge in [-0.15, -0.1) is 0 Å². The Hall–Kier alpha value is -2.17. The maximum Gasteiger partial charge on any atom is 0.0936 e. The van der Waals surface area contributed by atoms with Gasteiger partial charge >= 0.3 is 0 Å². The molecule has 0 aliphatic carbocycles. The van der Waals surface area contributed by atoms with Gasteiger partial charge in [0.25, 0.3) is 0 Å². The highest BCUT2D eigenvalue weighted by Gasteiger charge is 2.13. The molecular weight excluding hydrogens is 284 g/mol. The lowest BCUT2D eigenvalue weighted by Gasteiger charge is -2.27. The number of benzene rings is 2. The van der Waals surface area contributed by atoms with Gasteiger partial charge in [-0.1, -0.05) is 42.5 Å². The van der Waals surface area contributed by atoms with Gasteiger partial charge in [0.2, 0.25) is 0 Å². The van der Waals surface area contributed by atoms with Crippen LogP contribution >= 0.6 is 0 Å². The van der Waals surface area contributed by atoms with Crippen LogP contribution in [0.4, 0.5) is 0 Å². The van der Waals surface area contributed by atoms with Crippen LogP contribution in [0.1, 0.15) is 11.1 Å². The Kier molecular flexibility index (Phi) is 4.09. The second kappa shape index (κ2) is 6.52. The van der Waals surface area contributed by atoms with Crippen LogP contribution in [0, 0.1) is 0 Å². The maximum absolute atomic E-state index is 4.65. The molecule has 4 rings (SSSR count). The third-order valence-corrected chi connectivity index (χ3v) is 4.56. The number of fused-ring (bicyclic) bond motifs is 1. The minimum Gasteiger partial charge on any atom is -0.314 e. The van der Waals surface area contributed by atoms with Gasteiger partial charge in [-0.2, -0.15) is 5.10 Å². The van der Waals surface area contributed by atoms with Crippen LogP contribution < -0.4 is 5.32 Å². The van der Waals surface area contributed by atoms with Crippen LogP contribution in [-0.4, -0.2) is 40.9 Å². The van der Waals surface area contributed by atoms with Crippen molar-refractivity contribution in [1.29, 1.82) is 0 Å². The molecule has 0 spiro atoms. The van der Waals surface area contributed by atoms with Crippen molar-refractivity contribution in [3.63, 3.8) is 0 Å². The summed E-state index contributed by atoms with van der Waals surface area (Å²) in [5.74, 6) is 0. The summed E-state index contributed by atoms with van der Waals surface area (Å²) in [6, 6.07) is 17.2. The van der Waals surface area contributed by atoms with Crippen molar-refractivity contribution >= 4 is 10.9 Å². The predicted octanol–water partition coefficient (Wildman–Crippen LogP) is 2.49. The highest BCUT2D eigenvalue weighted by atomic mass is 15.4. The first kappa shape index (κ1) is 14.4. The Morgan fingerprint density at radius 1 is 0.957 bits per heavy atom. The van der Waals surface area contributed by atoms with E-state index in [2.05, 4.69) is 68.5 Å². The molecule has 1 aliphatic rings. The summed E-state index contributed by atoms with van der Waals surface area (Å²) in [6.07, 6.45) is 2.98. The van der Waals surface area contributed by atoms with Crippen molar-refractivity contribution in [2.45, 2.75) is 13.1 Å². The highest BCUT2D eigenvalue weighted by molar-refractivity contribution is 5.82. The number of piperazine rings is 1. The van der Waals surface area contributed by atoms with Gasteiger partial charge in [0.15, 0.2) is 0 Å². The smallest absolute Gasteiger partial charge is 0.0936 e. The molecule has 23 heavy (non-hydrogen) atoms. The van der Waals surface area contributed by atoms with E-state index < -0.39 is 0 Å². The second-order valence-corrected chi connectivity index (χ2v) is 6.17. The number of aromatic nitrogens is 2. The van der Waals surface area contributed by atoms with Crippen LogP contribution in [0.15, 0.2) is 54.7 Å². The van der Waals surface area contributed by atoms with Crippen LogP contribution in [0.2, 0.25) is 0 Å². The van der Waals surface area contributed by atoms with Crippen molar-refractivity contribution < 1.29 is 0 Å². The molecule has 0 radical (unpaired) electrons. The third-order valence-electron chi connectivity index (χ3n) is 4.56. The summed E-state index contributed by atoms with van der Waals surface area (Å²) < 4.78 is 2.13. The molecule has 3 aromatic rings. The van der Waals surface area contributed by atoms with E-state index >= 15 is 0 Å². The zero-order valence-corrected chi connectivity index (χ0v) is 13.3. The largest absolute Gasteiger partial charge is 0.314 e. The van der Waals surface area contributed by atoms with E-state index in [0.29, 0.717) is 0 Å². The number of nitrogens with one attached hydrogen (secondary N) is 1. The van der Waals surface area contributed by atoms with Gasteiger partial charge in [-0.05, 0) is 23.6 Å². The molecule has 0 amide bonds. The Balaban J connectivity index is 1.61. The van der Waals surface area contributed by atoms with Crippen molar-refractivity contribution in [2.75, 3.05) is 26.2 Å². The van der Waals surface area contributed by atoms with Crippen molar-refractivity contribution in [2.24, 2.45) is 0 Å². The Morgan fingerprint density at radius 2 is 1.78 bits per heavy atom. The minimum absolute atomic E-state index is 0.875. The summed E-state index contributed by atoms with van der Waals surface area (Å²) >= 11 is 0. The first-order chi connectivity index (χ1) is 11.4. The molecule has 1 fully saturated rings. The molecule has 118 valence electrons. The average molecular weight is 306 g/mol. The van der Waals surface area contributed by atoms with Crippen molar-refractivity contribution in [1.82, 2.24) is 20.0 Å². The normalized spacial score (nSPS) is 16.0. The fourth-order valence-electron chi connectivity index (χ4n) is 3.29.